The topological polar surface area (TPSA) is 80.9 Å². The van der Waals surface area contributed by atoms with Crippen LogP contribution < -0.4 is 11.1 Å². The Hall–Kier alpha value is -1.57. The largest absolute Gasteiger partial charge is 0.330 e. The van der Waals surface area contributed by atoms with Crippen molar-refractivity contribution < 1.29 is 9.18 Å². The van der Waals surface area contributed by atoms with Gasteiger partial charge in [0.05, 0.1) is 0 Å². The molecule has 0 bridgehead atoms. The Morgan fingerprint density at radius 2 is 1.96 bits per heavy atom. The van der Waals surface area contributed by atoms with Crippen LogP contribution in [0.2, 0.25) is 0 Å². The van der Waals surface area contributed by atoms with E-state index in [2.05, 4.69) is 15.5 Å². The van der Waals surface area contributed by atoms with Crippen LogP contribution in [0.15, 0.2) is 24.3 Å². The minimum Gasteiger partial charge on any atom is -0.330 e. The molecule has 5 nitrogen and oxygen atoms in total. The summed E-state index contributed by atoms with van der Waals surface area (Å²) in [6.45, 7) is 0.537. The molecule has 26 heavy (non-hydrogen) atoms. The van der Waals surface area contributed by atoms with Crippen molar-refractivity contribution in [3.63, 3.8) is 0 Å². The van der Waals surface area contributed by atoms with Crippen LogP contribution in [-0.4, -0.2) is 22.6 Å². The van der Waals surface area contributed by atoms with Crippen LogP contribution in [0.4, 0.5) is 9.52 Å². The third kappa shape index (κ3) is 5.22. The zero-order valence-electron chi connectivity index (χ0n) is 14.5. The van der Waals surface area contributed by atoms with E-state index in [0.29, 0.717) is 35.1 Å². The first-order chi connectivity index (χ1) is 12.1. The van der Waals surface area contributed by atoms with Gasteiger partial charge in [-0.15, -0.1) is 22.6 Å². The highest BCUT2D eigenvalue weighted by atomic mass is 35.5. The monoisotopic (exact) mass is 398 g/mol. The molecule has 1 aromatic carbocycles. The van der Waals surface area contributed by atoms with E-state index < -0.39 is 0 Å². The van der Waals surface area contributed by atoms with Gasteiger partial charge in [-0.25, -0.2) is 4.39 Å². The van der Waals surface area contributed by atoms with Crippen molar-refractivity contribution in [1.29, 1.82) is 0 Å². The van der Waals surface area contributed by atoms with Crippen LogP contribution in [-0.2, 0) is 11.2 Å². The Morgan fingerprint density at radius 3 is 2.65 bits per heavy atom. The maximum Gasteiger partial charge on any atom is 0.226 e. The van der Waals surface area contributed by atoms with Crippen molar-refractivity contribution in [1.82, 2.24) is 10.2 Å². The van der Waals surface area contributed by atoms with Crippen LogP contribution >= 0.6 is 23.7 Å². The summed E-state index contributed by atoms with van der Waals surface area (Å²) in [5.41, 5.74) is 6.43. The van der Waals surface area contributed by atoms with Gasteiger partial charge in [-0.05, 0) is 36.4 Å². The molecular weight excluding hydrogens is 375 g/mol. The van der Waals surface area contributed by atoms with Crippen LogP contribution in [0.5, 0.6) is 0 Å². The maximum absolute atomic E-state index is 13.7. The van der Waals surface area contributed by atoms with Gasteiger partial charge in [-0.3, -0.25) is 4.79 Å². The molecule has 0 radical (unpaired) electrons. The summed E-state index contributed by atoms with van der Waals surface area (Å²) in [4.78, 5) is 12.4. The highest BCUT2D eigenvalue weighted by Crippen LogP contribution is 2.38. The molecule has 142 valence electrons. The predicted octanol–water partition coefficient (Wildman–Crippen LogP) is 3.93. The number of carbonyl (C=O) groups excluding carboxylic acids is 1. The summed E-state index contributed by atoms with van der Waals surface area (Å²) in [7, 11) is 0. The third-order valence-corrected chi connectivity index (χ3v) is 5.73. The van der Waals surface area contributed by atoms with Gasteiger partial charge in [0.15, 0.2) is 0 Å². The average Bonchev–Trinajstić information content (AvgIpc) is 3.04. The molecular formula is C18H24ClFN4OS. The second-order valence-corrected chi connectivity index (χ2v) is 7.82. The van der Waals surface area contributed by atoms with E-state index in [9.17, 15) is 9.18 Å². The second-order valence-electron chi connectivity index (χ2n) is 6.76. The maximum atomic E-state index is 13.7. The SMILES string of the molecule is Cl.NCC1(CC(=O)Nc2nnc(Cc3ccccc3F)s2)CCCCC1. The Kier molecular flexibility index (Phi) is 7.49. The molecule has 2 aromatic rings. The van der Waals surface area contributed by atoms with E-state index in [-0.39, 0.29) is 29.5 Å². The number of hydrogen-bond acceptors (Lipinski definition) is 5. The number of benzene rings is 1. The van der Waals surface area contributed by atoms with Crippen LogP contribution in [0.25, 0.3) is 0 Å². The molecule has 1 heterocycles. The molecule has 1 aromatic heterocycles. The number of nitrogens with zero attached hydrogens (tertiary/aromatic N) is 2. The second kappa shape index (κ2) is 9.39. The van der Waals surface area contributed by atoms with E-state index in [0.717, 1.165) is 25.7 Å². The number of anilines is 1. The Bertz CT molecular complexity index is 733. The molecule has 1 saturated carbocycles. The quantitative estimate of drug-likeness (QED) is 0.772. The Labute approximate surface area is 163 Å². The number of amides is 1. The fourth-order valence-corrected chi connectivity index (χ4v) is 4.22. The van der Waals surface area contributed by atoms with Gasteiger partial charge in [0, 0.05) is 12.8 Å². The number of rotatable bonds is 6. The number of aromatic nitrogens is 2. The van der Waals surface area contributed by atoms with Crippen molar-refractivity contribution in [2.24, 2.45) is 11.1 Å². The average molecular weight is 399 g/mol. The van der Waals surface area contributed by atoms with Crippen molar-refractivity contribution in [3.05, 3.63) is 40.7 Å². The molecule has 3 rings (SSSR count). The summed E-state index contributed by atoms with van der Waals surface area (Å²) in [5.74, 6) is -0.327. The van der Waals surface area contributed by atoms with Crippen molar-refractivity contribution in [2.75, 3.05) is 11.9 Å². The van der Waals surface area contributed by atoms with E-state index in [4.69, 9.17) is 5.73 Å². The zero-order valence-corrected chi connectivity index (χ0v) is 16.2. The number of nitrogens with one attached hydrogen (secondary N) is 1. The minimum absolute atomic E-state index is 0. The Balaban J connectivity index is 0.00000243. The van der Waals surface area contributed by atoms with Gasteiger partial charge in [0.1, 0.15) is 10.8 Å². The van der Waals surface area contributed by atoms with E-state index >= 15 is 0 Å². The van der Waals surface area contributed by atoms with E-state index in [1.807, 2.05) is 0 Å². The molecule has 0 unspecified atom stereocenters. The molecule has 3 N–H and O–H groups in total. The molecule has 1 aliphatic carbocycles. The molecule has 1 amide bonds. The molecule has 1 aliphatic rings. The number of carbonyl (C=O) groups is 1. The first-order valence-electron chi connectivity index (χ1n) is 8.66. The predicted molar refractivity (Wildman–Crippen MR) is 104 cm³/mol. The van der Waals surface area contributed by atoms with Crippen molar-refractivity contribution in [3.8, 4) is 0 Å². The molecule has 8 heteroatoms. The van der Waals surface area contributed by atoms with Gasteiger partial charge in [-0.1, -0.05) is 48.8 Å². The van der Waals surface area contributed by atoms with Gasteiger partial charge < -0.3 is 11.1 Å². The lowest BCUT2D eigenvalue weighted by Gasteiger charge is -2.35. The lowest BCUT2D eigenvalue weighted by atomic mass is 9.72. The van der Waals surface area contributed by atoms with Gasteiger partial charge in [0.25, 0.3) is 0 Å². The number of halogens is 2. The van der Waals surface area contributed by atoms with Crippen molar-refractivity contribution in [2.45, 2.75) is 44.9 Å². The smallest absolute Gasteiger partial charge is 0.226 e. The molecule has 0 aliphatic heterocycles. The third-order valence-electron chi connectivity index (χ3n) is 4.90. The van der Waals surface area contributed by atoms with Gasteiger partial charge in [0.2, 0.25) is 11.0 Å². The molecule has 0 spiro atoms. The summed E-state index contributed by atoms with van der Waals surface area (Å²) in [5, 5.41) is 12.0. The van der Waals surface area contributed by atoms with Gasteiger partial charge in [-0.2, -0.15) is 0 Å². The van der Waals surface area contributed by atoms with Crippen LogP contribution in [0.1, 0.15) is 49.1 Å². The first kappa shape index (κ1) is 20.7. The first-order valence-corrected chi connectivity index (χ1v) is 9.48. The standard InChI is InChI=1S/C18H23FN4OS.ClH/c19-14-7-3-2-6-13(14)10-16-22-23-17(25-16)21-15(24)11-18(12-20)8-4-1-5-9-18;/h2-3,6-7H,1,4-5,8-12,20H2,(H,21,23,24);1H. The number of nitrogens with two attached hydrogens (primary N) is 1. The highest BCUT2D eigenvalue weighted by molar-refractivity contribution is 7.15. The fourth-order valence-electron chi connectivity index (χ4n) is 3.44. The van der Waals surface area contributed by atoms with E-state index in [1.54, 1.807) is 18.2 Å². The molecule has 0 atom stereocenters. The molecule has 1 fully saturated rings. The number of hydrogen-bond donors (Lipinski definition) is 2. The highest BCUT2D eigenvalue weighted by Gasteiger charge is 2.33. The summed E-state index contributed by atoms with van der Waals surface area (Å²) >= 11 is 1.28. The zero-order chi connectivity index (χ0) is 17.7. The lowest BCUT2D eigenvalue weighted by molar-refractivity contribution is -0.118. The normalized spacial score (nSPS) is 15.9. The summed E-state index contributed by atoms with van der Waals surface area (Å²) in [6.07, 6.45) is 6.29. The van der Waals surface area contributed by atoms with Crippen LogP contribution in [0, 0.1) is 11.2 Å². The molecule has 0 saturated heterocycles. The van der Waals surface area contributed by atoms with Crippen LogP contribution in [0.3, 0.4) is 0 Å². The fraction of sp³-hybridized carbons (Fsp3) is 0.500. The minimum atomic E-state index is -0.259. The summed E-state index contributed by atoms with van der Waals surface area (Å²) in [6, 6.07) is 6.60. The lowest BCUT2D eigenvalue weighted by Crippen LogP contribution is -2.36. The van der Waals surface area contributed by atoms with E-state index in [1.165, 1.54) is 23.8 Å². The van der Waals surface area contributed by atoms with Gasteiger partial charge >= 0.3 is 0 Å². The Morgan fingerprint density at radius 1 is 1.23 bits per heavy atom. The summed E-state index contributed by atoms with van der Waals surface area (Å²) < 4.78 is 13.7. The van der Waals surface area contributed by atoms with Crippen molar-refractivity contribution >= 4 is 34.8 Å².